The number of aliphatic carboxylic acids is 1. The predicted octanol–water partition coefficient (Wildman–Crippen LogP) is 3.44. The Morgan fingerprint density at radius 3 is 2.45 bits per heavy atom. The van der Waals surface area contributed by atoms with Crippen molar-refractivity contribution in [3.8, 4) is 5.75 Å². The minimum Gasteiger partial charge on any atom is -0.481 e. The Morgan fingerprint density at radius 2 is 2.05 bits per heavy atom. The van der Waals surface area contributed by atoms with Gasteiger partial charge in [-0.3, -0.25) is 9.78 Å². The number of halogens is 6. The second-order valence-corrected chi connectivity index (χ2v) is 4.09. The highest BCUT2D eigenvalue weighted by molar-refractivity contribution is 9.08. The van der Waals surface area contributed by atoms with Crippen LogP contribution in [0.5, 0.6) is 5.75 Å². The van der Waals surface area contributed by atoms with E-state index in [4.69, 9.17) is 5.11 Å². The van der Waals surface area contributed by atoms with E-state index in [9.17, 15) is 26.7 Å². The van der Waals surface area contributed by atoms with Crippen LogP contribution in [0.25, 0.3) is 0 Å². The highest BCUT2D eigenvalue weighted by Crippen LogP contribution is 2.38. The molecule has 10 heteroatoms. The summed E-state index contributed by atoms with van der Waals surface area (Å²) in [6.07, 6.45) is -8.60. The Morgan fingerprint density at radius 1 is 1.45 bits per heavy atom. The van der Waals surface area contributed by atoms with Crippen LogP contribution in [-0.4, -0.2) is 22.4 Å². The number of hydrogen-bond donors (Lipinski definition) is 1. The summed E-state index contributed by atoms with van der Waals surface area (Å²) in [5.74, 6) is -2.61. The van der Waals surface area contributed by atoms with Gasteiger partial charge in [-0.25, -0.2) is 8.78 Å². The highest BCUT2D eigenvalue weighted by Gasteiger charge is 2.36. The van der Waals surface area contributed by atoms with Crippen molar-refractivity contribution in [1.82, 2.24) is 4.98 Å². The first kappa shape index (κ1) is 16.6. The van der Waals surface area contributed by atoms with E-state index in [1.165, 1.54) is 0 Å². The van der Waals surface area contributed by atoms with Crippen molar-refractivity contribution in [3.63, 3.8) is 0 Å². The average Bonchev–Trinajstić information content (AvgIpc) is 2.25. The van der Waals surface area contributed by atoms with E-state index in [-0.39, 0.29) is 10.9 Å². The monoisotopic (exact) mass is 363 g/mol. The summed E-state index contributed by atoms with van der Waals surface area (Å²) in [6, 6.07) is 0. The second-order valence-electron chi connectivity index (χ2n) is 3.53. The van der Waals surface area contributed by atoms with Crippen molar-refractivity contribution in [1.29, 1.82) is 0 Å². The van der Waals surface area contributed by atoms with Gasteiger partial charge in [0.25, 0.3) is 6.43 Å². The number of rotatable bonds is 5. The van der Waals surface area contributed by atoms with Gasteiger partial charge in [-0.1, -0.05) is 15.9 Å². The minimum atomic E-state index is -5.18. The third-order valence-electron chi connectivity index (χ3n) is 2.12. The number of carbonyl (C=O) groups is 1. The second kappa shape index (κ2) is 6.33. The number of hydrogen-bond acceptors (Lipinski definition) is 3. The quantitative estimate of drug-likeness (QED) is 0.643. The lowest BCUT2D eigenvalue weighted by Gasteiger charge is -2.17. The number of ether oxygens (including phenoxy) is 1. The van der Waals surface area contributed by atoms with Crippen molar-refractivity contribution >= 4 is 21.9 Å². The van der Waals surface area contributed by atoms with E-state index in [0.717, 1.165) is 6.20 Å². The first-order valence-corrected chi connectivity index (χ1v) is 6.10. The Kier molecular flexibility index (Phi) is 5.26. The number of pyridine rings is 1. The van der Waals surface area contributed by atoms with E-state index < -0.39 is 42.2 Å². The minimum absolute atomic E-state index is 0.210. The maximum absolute atomic E-state index is 12.9. The number of carboxylic acids is 1. The van der Waals surface area contributed by atoms with Crippen LogP contribution in [0.1, 0.15) is 23.2 Å². The summed E-state index contributed by atoms with van der Waals surface area (Å²) in [5.41, 5.74) is -2.09. The molecule has 0 radical (unpaired) electrons. The highest BCUT2D eigenvalue weighted by atomic mass is 79.9. The van der Waals surface area contributed by atoms with Crippen molar-refractivity contribution < 1.29 is 36.6 Å². The van der Waals surface area contributed by atoms with Crippen LogP contribution >= 0.6 is 15.9 Å². The molecule has 1 aromatic heterocycles. The molecule has 0 aliphatic carbocycles. The van der Waals surface area contributed by atoms with Crippen LogP contribution < -0.4 is 4.74 Å². The summed E-state index contributed by atoms with van der Waals surface area (Å²) < 4.78 is 66.3. The lowest BCUT2D eigenvalue weighted by Crippen LogP contribution is -2.20. The van der Waals surface area contributed by atoms with Crippen molar-refractivity contribution in [2.24, 2.45) is 0 Å². The Bertz CT molecular complexity index is 506. The van der Waals surface area contributed by atoms with Gasteiger partial charge in [0, 0.05) is 17.1 Å². The maximum Gasteiger partial charge on any atom is 0.573 e. The van der Waals surface area contributed by atoms with Gasteiger partial charge >= 0.3 is 12.3 Å². The SMILES string of the molecule is O=C(O)Cc1ncc(CBr)c(OC(F)(F)F)c1C(F)F. The summed E-state index contributed by atoms with van der Waals surface area (Å²) >= 11 is 2.83. The molecule has 0 aromatic carbocycles. The van der Waals surface area contributed by atoms with Crippen LogP contribution in [0.15, 0.2) is 6.20 Å². The molecular weight excluding hydrogens is 357 g/mol. The molecule has 0 saturated heterocycles. The molecule has 20 heavy (non-hydrogen) atoms. The van der Waals surface area contributed by atoms with Crippen molar-refractivity contribution in [3.05, 3.63) is 23.0 Å². The molecule has 0 spiro atoms. The van der Waals surface area contributed by atoms with Gasteiger partial charge in [0.05, 0.1) is 17.7 Å². The predicted molar refractivity (Wildman–Crippen MR) is 59.8 cm³/mol. The van der Waals surface area contributed by atoms with Crippen LogP contribution in [0, 0.1) is 0 Å². The zero-order chi connectivity index (χ0) is 15.5. The molecule has 0 aliphatic heterocycles. The van der Waals surface area contributed by atoms with E-state index in [0.29, 0.717) is 0 Å². The van der Waals surface area contributed by atoms with E-state index in [1.807, 2.05) is 0 Å². The molecular formula is C10H7BrF5NO3. The normalized spacial score (nSPS) is 11.8. The third kappa shape index (κ3) is 4.29. The molecule has 0 aliphatic rings. The summed E-state index contributed by atoms with van der Waals surface area (Å²) in [4.78, 5) is 14.0. The van der Waals surface area contributed by atoms with Gasteiger partial charge in [0.1, 0.15) is 5.75 Å². The first-order valence-electron chi connectivity index (χ1n) is 4.98. The number of alkyl halides is 6. The van der Waals surface area contributed by atoms with Crippen molar-refractivity contribution in [2.45, 2.75) is 24.5 Å². The molecule has 112 valence electrons. The molecule has 1 rings (SSSR count). The van der Waals surface area contributed by atoms with Gasteiger partial charge in [-0.05, 0) is 0 Å². The first-order chi connectivity index (χ1) is 9.15. The molecule has 1 heterocycles. The van der Waals surface area contributed by atoms with Crippen LogP contribution in [0.3, 0.4) is 0 Å². The number of aromatic nitrogens is 1. The van der Waals surface area contributed by atoms with Gasteiger partial charge in [-0.2, -0.15) is 0 Å². The Labute approximate surface area is 117 Å². The molecule has 0 atom stereocenters. The summed E-state index contributed by atoms with van der Waals surface area (Å²) in [7, 11) is 0. The van der Waals surface area contributed by atoms with Gasteiger partial charge in [0.2, 0.25) is 0 Å². The van der Waals surface area contributed by atoms with E-state index in [1.54, 1.807) is 0 Å². The van der Waals surface area contributed by atoms with Crippen molar-refractivity contribution in [2.75, 3.05) is 0 Å². The fourth-order valence-corrected chi connectivity index (χ4v) is 1.83. The van der Waals surface area contributed by atoms with E-state index >= 15 is 0 Å². The lowest BCUT2D eigenvalue weighted by molar-refractivity contribution is -0.275. The summed E-state index contributed by atoms with van der Waals surface area (Å²) in [6.45, 7) is 0. The molecule has 0 unspecified atom stereocenters. The number of nitrogens with zero attached hydrogens (tertiary/aromatic N) is 1. The van der Waals surface area contributed by atoms with Gasteiger partial charge < -0.3 is 9.84 Å². The largest absolute Gasteiger partial charge is 0.573 e. The molecule has 0 bridgehead atoms. The number of carboxylic acid groups (broad SMARTS) is 1. The fraction of sp³-hybridized carbons (Fsp3) is 0.400. The lowest BCUT2D eigenvalue weighted by atomic mass is 10.1. The zero-order valence-electron chi connectivity index (χ0n) is 9.55. The summed E-state index contributed by atoms with van der Waals surface area (Å²) in [5, 5.41) is 8.36. The standard InChI is InChI=1S/C10H7BrF5NO3/c11-2-4-3-17-5(1-6(18)19)7(9(12)13)8(4)20-10(14,15)16/h3,9H,1-2H2,(H,18,19). The molecule has 0 saturated carbocycles. The fourth-order valence-electron chi connectivity index (χ4n) is 1.43. The maximum atomic E-state index is 12.9. The Hall–Kier alpha value is -1.45. The molecule has 0 fully saturated rings. The van der Waals surface area contributed by atoms with Crippen LogP contribution in [0.2, 0.25) is 0 Å². The van der Waals surface area contributed by atoms with Crippen LogP contribution in [0.4, 0.5) is 22.0 Å². The average molecular weight is 364 g/mol. The zero-order valence-corrected chi connectivity index (χ0v) is 11.1. The van der Waals surface area contributed by atoms with Gasteiger partial charge in [0.15, 0.2) is 0 Å². The topological polar surface area (TPSA) is 59.4 Å². The molecule has 1 N–H and O–H groups in total. The van der Waals surface area contributed by atoms with Crippen LogP contribution in [-0.2, 0) is 16.5 Å². The smallest absolute Gasteiger partial charge is 0.481 e. The Balaban J connectivity index is 3.44. The van der Waals surface area contributed by atoms with E-state index in [2.05, 4.69) is 25.7 Å². The molecule has 4 nitrogen and oxygen atoms in total. The molecule has 0 amide bonds. The third-order valence-corrected chi connectivity index (χ3v) is 2.73. The van der Waals surface area contributed by atoms with Gasteiger partial charge in [-0.15, -0.1) is 13.2 Å². The molecule has 1 aromatic rings.